The second-order valence-corrected chi connectivity index (χ2v) is 7.67. The second kappa shape index (κ2) is 5.73. The van der Waals surface area contributed by atoms with Crippen molar-refractivity contribution in [2.24, 2.45) is 5.41 Å². The Kier molecular flexibility index (Phi) is 4.51. The van der Waals surface area contributed by atoms with Crippen molar-refractivity contribution in [2.45, 2.75) is 52.0 Å². The van der Waals surface area contributed by atoms with E-state index >= 15 is 0 Å². The van der Waals surface area contributed by atoms with E-state index in [1.54, 1.807) is 11.3 Å². The van der Waals surface area contributed by atoms with E-state index in [0.717, 1.165) is 17.3 Å². The maximum absolute atomic E-state index is 5.92. The van der Waals surface area contributed by atoms with Gasteiger partial charge in [0.2, 0.25) is 0 Å². The molecule has 1 fully saturated rings. The van der Waals surface area contributed by atoms with Gasteiger partial charge in [0.1, 0.15) is 0 Å². The smallest absolute Gasteiger partial charge is 0.0931 e. The van der Waals surface area contributed by atoms with Crippen LogP contribution in [0.5, 0.6) is 0 Å². The van der Waals surface area contributed by atoms with Crippen LogP contribution in [0, 0.1) is 5.41 Å². The predicted octanol–water partition coefficient (Wildman–Crippen LogP) is 4.50. The molecule has 0 amide bonds. The summed E-state index contributed by atoms with van der Waals surface area (Å²) in [6.07, 6.45) is 6.52. The SMILES string of the molecule is CC1(C)CCCC(NCCc2ccc(Cl)s2)C1. The van der Waals surface area contributed by atoms with Crippen LogP contribution < -0.4 is 5.32 Å². The molecule has 0 aliphatic heterocycles. The van der Waals surface area contributed by atoms with E-state index in [4.69, 9.17) is 11.6 Å². The number of hydrogen-bond donors (Lipinski definition) is 1. The van der Waals surface area contributed by atoms with E-state index in [0.29, 0.717) is 11.5 Å². The van der Waals surface area contributed by atoms with E-state index < -0.39 is 0 Å². The lowest BCUT2D eigenvalue weighted by atomic mass is 9.75. The molecule has 0 aromatic carbocycles. The minimum absolute atomic E-state index is 0.530. The van der Waals surface area contributed by atoms with Crippen LogP contribution in [0.25, 0.3) is 0 Å². The van der Waals surface area contributed by atoms with E-state index in [1.807, 2.05) is 6.07 Å². The average molecular weight is 272 g/mol. The highest BCUT2D eigenvalue weighted by Gasteiger charge is 2.27. The first-order valence-corrected chi connectivity index (χ1v) is 7.72. The summed E-state index contributed by atoms with van der Waals surface area (Å²) in [4.78, 5) is 1.39. The number of hydrogen-bond acceptors (Lipinski definition) is 2. The predicted molar refractivity (Wildman–Crippen MR) is 77.1 cm³/mol. The first kappa shape index (κ1) is 13.4. The average Bonchev–Trinajstić information content (AvgIpc) is 2.63. The highest BCUT2D eigenvalue weighted by molar-refractivity contribution is 7.16. The van der Waals surface area contributed by atoms with Crippen molar-refractivity contribution >= 4 is 22.9 Å². The van der Waals surface area contributed by atoms with Gasteiger partial charge in [-0.1, -0.05) is 31.9 Å². The lowest BCUT2D eigenvalue weighted by Gasteiger charge is -2.35. The molecular formula is C14H22ClNS. The first-order valence-electron chi connectivity index (χ1n) is 6.53. The molecule has 1 aliphatic rings. The number of halogens is 1. The zero-order valence-corrected chi connectivity index (χ0v) is 12.3. The third kappa shape index (κ3) is 4.27. The van der Waals surface area contributed by atoms with Gasteiger partial charge in [-0.15, -0.1) is 11.3 Å². The van der Waals surface area contributed by atoms with Crippen LogP contribution in [0.3, 0.4) is 0 Å². The quantitative estimate of drug-likeness (QED) is 0.850. The maximum atomic E-state index is 5.92. The Bertz CT molecular complexity index is 359. The van der Waals surface area contributed by atoms with Crippen LogP contribution in [0.2, 0.25) is 4.34 Å². The fourth-order valence-electron chi connectivity index (χ4n) is 2.76. The van der Waals surface area contributed by atoms with Gasteiger partial charge < -0.3 is 5.32 Å². The van der Waals surface area contributed by atoms with Gasteiger partial charge in [-0.3, -0.25) is 0 Å². The minimum atomic E-state index is 0.530. The number of thiophene rings is 1. The molecule has 17 heavy (non-hydrogen) atoms. The Labute approximate surface area is 114 Å². The van der Waals surface area contributed by atoms with Gasteiger partial charge in [0.15, 0.2) is 0 Å². The van der Waals surface area contributed by atoms with Crippen molar-refractivity contribution in [3.63, 3.8) is 0 Å². The van der Waals surface area contributed by atoms with Crippen LogP contribution in [0.1, 0.15) is 44.4 Å². The molecule has 0 spiro atoms. The Morgan fingerprint density at radius 2 is 2.29 bits per heavy atom. The molecule has 1 aromatic rings. The van der Waals surface area contributed by atoms with Gasteiger partial charge in [-0.05, 0) is 43.2 Å². The van der Waals surface area contributed by atoms with Crippen LogP contribution in [0.4, 0.5) is 0 Å². The van der Waals surface area contributed by atoms with Crippen molar-refractivity contribution in [2.75, 3.05) is 6.54 Å². The standard InChI is InChI=1S/C14H22ClNS/c1-14(2)8-3-4-11(10-14)16-9-7-12-5-6-13(15)17-12/h5-6,11,16H,3-4,7-10H2,1-2H3. The molecule has 1 saturated carbocycles. The summed E-state index contributed by atoms with van der Waals surface area (Å²) < 4.78 is 0.902. The summed E-state index contributed by atoms with van der Waals surface area (Å²) in [7, 11) is 0. The van der Waals surface area contributed by atoms with Gasteiger partial charge in [-0.2, -0.15) is 0 Å². The molecule has 1 heterocycles. The fraction of sp³-hybridized carbons (Fsp3) is 0.714. The molecule has 1 aromatic heterocycles. The highest BCUT2D eigenvalue weighted by Crippen LogP contribution is 2.35. The monoisotopic (exact) mass is 271 g/mol. The largest absolute Gasteiger partial charge is 0.314 e. The van der Waals surface area contributed by atoms with Crippen LogP contribution >= 0.6 is 22.9 Å². The van der Waals surface area contributed by atoms with Crippen LogP contribution in [0.15, 0.2) is 12.1 Å². The van der Waals surface area contributed by atoms with Gasteiger partial charge in [0.25, 0.3) is 0 Å². The van der Waals surface area contributed by atoms with Gasteiger partial charge in [-0.25, -0.2) is 0 Å². The Morgan fingerprint density at radius 3 is 2.94 bits per heavy atom. The Hall–Kier alpha value is -0.0500. The molecule has 1 N–H and O–H groups in total. The molecule has 1 atom stereocenters. The topological polar surface area (TPSA) is 12.0 Å². The lowest BCUT2D eigenvalue weighted by Crippen LogP contribution is -2.38. The van der Waals surface area contributed by atoms with Crippen molar-refractivity contribution in [3.8, 4) is 0 Å². The number of nitrogens with one attached hydrogen (secondary N) is 1. The zero-order chi connectivity index (χ0) is 12.3. The molecule has 0 saturated heterocycles. The summed E-state index contributed by atoms with van der Waals surface area (Å²) in [6, 6.07) is 4.85. The Morgan fingerprint density at radius 1 is 1.47 bits per heavy atom. The first-order chi connectivity index (χ1) is 8.05. The van der Waals surface area contributed by atoms with Crippen molar-refractivity contribution < 1.29 is 0 Å². The molecule has 3 heteroatoms. The van der Waals surface area contributed by atoms with E-state index in [2.05, 4.69) is 25.2 Å². The Balaban J connectivity index is 1.71. The molecule has 96 valence electrons. The maximum Gasteiger partial charge on any atom is 0.0931 e. The molecule has 1 nitrogen and oxygen atoms in total. The summed E-state index contributed by atoms with van der Waals surface area (Å²) in [5.41, 5.74) is 0.530. The molecule has 0 bridgehead atoms. The van der Waals surface area contributed by atoms with Gasteiger partial charge >= 0.3 is 0 Å². The van der Waals surface area contributed by atoms with E-state index in [-0.39, 0.29) is 0 Å². The lowest BCUT2D eigenvalue weighted by molar-refractivity contribution is 0.199. The van der Waals surface area contributed by atoms with E-state index in [1.165, 1.54) is 30.6 Å². The summed E-state index contributed by atoms with van der Waals surface area (Å²) in [5.74, 6) is 0. The summed E-state index contributed by atoms with van der Waals surface area (Å²) in [5, 5.41) is 3.70. The second-order valence-electron chi connectivity index (χ2n) is 5.87. The zero-order valence-electron chi connectivity index (χ0n) is 10.8. The van der Waals surface area contributed by atoms with Crippen molar-refractivity contribution in [1.29, 1.82) is 0 Å². The van der Waals surface area contributed by atoms with Crippen molar-refractivity contribution in [1.82, 2.24) is 5.32 Å². The van der Waals surface area contributed by atoms with E-state index in [9.17, 15) is 0 Å². The number of rotatable bonds is 4. The molecule has 1 unspecified atom stereocenters. The summed E-state index contributed by atoms with van der Waals surface area (Å²) >= 11 is 7.62. The fourth-order valence-corrected chi connectivity index (χ4v) is 3.85. The summed E-state index contributed by atoms with van der Waals surface area (Å²) in [6.45, 7) is 5.86. The molecule has 0 radical (unpaired) electrons. The molecular weight excluding hydrogens is 250 g/mol. The van der Waals surface area contributed by atoms with Crippen LogP contribution in [-0.2, 0) is 6.42 Å². The molecule has 2 rings (SSSR count). The van der Waals surface area contributed by atoms with Gasteiger partial charge in [0, 0.05) is 17.5 Å². The van der Waals surface area contributed by atoms with Crippen LogP contribution in [-0.4, -0.2) is 12.6 Å². The highest BCUT2D eigenvalue weighted by atomic mass is 35.5. The normalized spacial score (nSPS) is 23.8. The molecule has 1 aliphatic carbocycles. The minimum Gasteiger partial charge on any atom is -0.314 e. The third-order valence-electron chi connectivity index (χ3n) is 3.64. The van der Waals surface area contributed by atoms with Gasteiger partial charge in [0.05, 0.1) is 4.34 Å². The van der Waals surface area contributed by atoms with Crippen molar-refractivity contribution in [3.05, 3.63) is 21.3 Å². The third-order valence-corrected chi connectivity index (χ3v) is 4.93.